The van der Waals surface area contributed by atoms with Crippen LogP contribution in [0.25, 0.3) is 10.9 Å². The Morgan fingerprint density at radius 2 is 2.00 bits per heavy atom. The number of aliphatic hydroxyl groups excluding tert-OH is 1. The molecule has 0 saturated heterocycles. The predicted molar refractivity (Wildman–Crippen MR) is 121 cm³/mol. The summed E-state index contributed by atoms with van der Waals surface area (Å²) in [7, 11) is 0. The number of nitrogen functional groups attached to an aromatic ring is 1. The number of halogens is 1. The number of nitrogens with two attached hydrogens (primary N) is 2. The first kappa shape index (κ1) is 22.2. The number of nitrogens with zero attached hydrogens (tertiary/aromatic N) is 2. The number of aromatic nitrogens is 3. The van der Waals surface area contributed by atoms with E-state index in [1.807, 2.05) is 0 Å². The van der Waals surface area contributed by atoms with Gasteiger partial charge in [0, 0.05) is 33.6 Å². The molecule has 2 heterocycles. The summed E-state index contributed by atoms with van der Waals surface area (Å²) in [5.41, 5.74) is 13.1. The van der Waals surface area contributed by atoms with Crippen LogP contribution in [-0.2, 0) is 13.2 Å². The molecule has 0 unspecified atom stereocenters. The minimum atomic E-state index is -0.597. The Bertz CT molecular complexity index is 1370. The maximum Gasteiger partial charge on any atom is 0.274 e. The predicted octanol–water partition coefficient (Wildman–Crippen LogP) is 2.35. The summed E-state index contributed by atoms with van der Waals surface area (Å²) in [6, 6.07) is 10.9. The van der Waals surface area contributed by atoms with Gasteiger partial charge >= 0.3 is 0 Å². The van der Waals surface area contributed by atoms with Crippen molar-refractivity contribution in [2.45, 2.75) is 23.1 Å². The molecule has 33 heavy (non-hydrogen) atoms. The van der Waals surface area contributed by atoms with Gasteiger partial charge in [-0.15, -0.1) is 0 Å². The highest BCUT2D eigenvalue weighted by molar-refractivity contribution is 7.99. The van der Waals surface area contributed by atoms with Gasteiger partial charge in [-0.1, -0.05) is 23.9 Å². The van der Waals surface area contributed by atoms with Crippen molar-refractivity contribution < 1.29 is 19.1 Å². The summed E-state index contributed by atoms with van der Waals surface area (Å²) in [6.07, 6.45) is 1.39. The van der Waals surface area contributed by atoms with Crippen molar-refractivity contribution in [2.75, 3.05) is 5.73 Å². The van der Waals surface area contributed by atoms with E-state index in [-0.39, 0.29) is 24.7 Å². The van der Waals surface area contributed by atoms with Crippen LogP contribution in [0.4, 0.5) is 10.2 Å². The van der Waals surface area contributed by atoms with E-state index in [1.54, 1.807) is 30.3 Å². The molecule has 2 amide bonds. The van der Waals surface area contributed by atoms with Crippen LogP contribution >= 0.6 is 11.8 Å². The second kappa shape index (κ2) is 9.27. The third-order valence-corrected chi connectivity index (χ3v) is 5.88. The van der Waals surface area contributed by atoms with Crippen LogP contribution in [0.3, 0.4) is 0 Å². The smallest absolute Gasteiger partial charge is 0.274 e. The van der Waals surface area contributed by atoms with Crippen LogP contribution in [0.5, 0.6) is 0 Å². The highest BCUT2D eigenvalue weighted by atomic mass is 32.2. The number of carbonyl (C=O) groups is 2. The van der Waals surface area contributed by atoms with E-state index in [9.17, 15) is 19.1 Å². The topological polar surface area (TPSA) is 160 Å². The maximum atomic E-state index is 13.7. The van der Waals surface area contributed by atoms with Gasteiger partial charge in [-0.25, -0.2) is 14.4 Å². The number of rotatable bonds is 7. The monoisotopic (exact) mass is 466 g/mol. The Kier molecular flexibility index (Phi) is 6.24. The molecule has 0 aliphatic carbocycles. The largest absolute Gasteiger partial charge is 0.390 e. The number of amides is 2. The Labute approximate surface area is 191 Å². The van der Waals surface area contributed by atoms with Crippen molar-refractivity contribution in [1.29, 1.82) is 0 Å². The molecule has 0 radical (unpaired) electrons. The maximum absolute atomic E-state index is 13.7. The van der Waals surface area contributed by atoms with Crippen molar-refractivity contribution in [3.8, 4) is 0 Å². The van der Waals surface area contributed by atoms with E-state index in [2.05, 4.69) is 20.3 Å². The fraction of sp³-hybridized carbons (Fsp3) is 0.0909. The van der Waals surface area contributed by atoms with Crippen molar-refractivity contribution in [1.82, 2.24) is 20.3 Å². The van der Waals surface area contributed by atoms with Crippen LogP contribution in [-0.4, -0.2) is 31.9 Å². The molecule has 0 aliphatic rings. The Hall–Kier alpha value is -3.96. The van der Waals surface area contributed by atoms with Crippen molar-refractivity contribution >= 4 is 40.3 Å². The van der Waals surface area contributed by atoms with Gasteiger partial charge in [0.2, 0.25) is 5.91 Å². The fourth-order valence-corrected chi connectivity index (χ4v) is 4.23. The number of hydrogen-bond donors (Lipinski definition) is 5. The molecule has 7 N–H and O–H groups in total. The molecule has 0 atom stereocenters. The van der Waals surface area contributed by atoms with Crippen LogP contribution in [0.2, 0.25) is 0 Å². The highest BCUT2D eigenvalue weighted by Gasteiger charge is 2.18. The highest BCUT2D eigenvalue weighted by Crippen LogP contribution is 2.29. The minimum Gasteiger partial charge on any atom is -0.390 e. The van der Waals surface area contributed by atoms with Gasteiger partial charge in [0.05, 0.1) is 18.4 Å². The van der Waals surface area contributed by atoms with E-state index in [0.717, 1.165) is 11.8 Å². The summed E-state index contributed by atoms with van der Waals surface area (Å²) >= 11 is 1.12. The molecule has 4 aromatic rings. The number of primary amides is 1. The standard InChI is InChI=1S/C22H19FN6O3S/c23-11-5-6-15-13(7-11)14(16(10-30)28-15)8-27-22(32)19-20(24)26-9-18(29-19)33-17-4-2-1-3-12(17)21(25)31/h1-7,9,28,30H,8,10H2,(H2,24,26)(H2,25,31)(H,27,32). The Balaban J connectivity index is 1.57. The van der Waals surface area contributed by atoms with Crippen LogP contribution < -0.4 is 16.8 Å². The van der Waals surface area contributed by atoms with E-state index in [1.165, 1.54) is 18.3 Å². The zero-order chi connectivity index (χ0) is 23.5. The summed E-state index contributed by atoms with van der Waals surface area (Å²) in [4.78, 5) is 36.3. The van der Waals surface area contributed by atoms with E-state index >= 15 is 0 Å². The lowest BCUT2D eigenvalue weighted by atomic mass is 10.1. The SMILES string of the molecule is NC(=O)c1ccccc1Sc1cnc(N)c(C(=O)NCc2c(CO)[nH]c3ccc(F)cc23)n1. The van der Waals surface area contributed by atoms with Crippen molar-refractivity contribution in [2.24, 2.45) is 5.73 Å². The molecule has 168 valence electrons. The van der Waals surface area contributed by atoms with Gasteiger partial charge in [0.25, 0.3) is 5.91 Å². The number of carbonyl (C=O) groups excluding carboxylic acids is 2. The fourth-order valence-electron chi connectivity index (χ4n) is 3.34. The first-order valence-electron chi connectivity index (χ1n) is 9.74. The second-order valence-electron chi connectivity index (χ2n) is 7.02. The molecule has 2 aromatic heterocycles. The molecule has 9 nitrogen and oxygen atoms in total. The quantitative estimate of drug-likeness (QED) is 0.279. The number of aliphatic hydroxyl groups is 1. The summed E-state index contributed by atoms with van der Waals surface area (Å²) in [6.45, 7) is -0.310. The minimum absolute atomic E-state index is 0.00117. The zero-order valence-electron chi connectivity index (χ0n) is 17.1. The van der Waals surface area contributed by atoms with E-state index in [4.69, 9.17) is 11.5 Å². The normalized spacial score (nSPS) is 11.0. The van der Waals surface area contributed by atoms with Gasteiger partial charge in [0.1, 0.15) is 10.8 Å². The van der Waals surface area contributed by atoms with Gasteiger partial charge in [-0.3, -0.25) is 9.59 Å². The lowest BCUT2D eigenvalue weighted by Crippen LogP contribution is -2.26. The summed E-state index contributed by atoms with van der Waals surface area (Å²) < 4.78 is 13.7. The van der Waals surface area contributed by atoms with Crippen LogP contribution in [0.1, 0.15) is 32.1 Å². The number of H-pyrrole nitrogens is 1. The van der Waals surface area contributed by atoms with Gasteiger partial charge in [0.15, 0.2) is 11.5 Å². The molecule has 4 rings (SSSR count). The number of fused-ring (bicyclic) bond motifs is 1. The molecular formula is C22H19FN6O3S. The van der Waals surface area contributed by atoms with Gasteiger partial charge < -0.3 is 26.9 Å². The van der Waals surface area contributed by atoms with E-state index < -0.39 is 17.6 Å². The first-order valence-corrected chi connectivity index (χ1v) is 10.6. The second-order valence-corrected chi connectivity index (χ2v) is 8.08. The Morgan fingerprint density at radius 1 is 1.21 bits per heavy atom. The van der Waals surface area contributed by atoms with Crippen LogP contribution in [0, 0.1) is 5.82 Å². The third kappa shape index (κ3) is 4.64. The molecule has 11 heteroatoms. The summed E-state index contributed by atoms with van der Waals surface area (Å²) in [5.74, 6) is -1.70. The number of anilines is 1. The lowest BCUT2D eigenvalue weighted by molar-refractivity contribution is 0.0944. The molecule has 0 bridgehead atoms. The number of aromatic amines is 1. The molecule has 0 aliphatic heterocycles. The zero-order valence-corrected chi connectivity index (χ0v) is 17.9. The molecule has 0 fully saturated rings. The molecule has 2 aromatic carbocycles. The Morgan fingerprint density at radius 3 is 2.76 bits per heavy atom. The number of hydrogen-bond acceptors (Lipinski definition) is 7. The summed E-state index contributed by atoms with van der Waals surface area (Å²) in [5, 5.41) is 13.2. The average molecular weight is 466 g/mol. The van der Waals surface area contributed by atoms with Crippen molar-refractivity contribution in [3.63, 3.8) is 0 Å². The van der Waals surface area contributed by atoms with Gasteiger partial charge in [-0.05, 0) is 30.3 Å². The lowest BCUT2D eigenvalue weighted by Gasteiger charge is -2.10. The van der Waals surface area contributed by atoms with Gasteiger partial charge in [-0.2, -0.15) is 0 Å². The third-order valence-electron chi connectivity index (χ3n) is 4.90. The van der Waals surface area contributed by atoms with E-state index in [0.29, 0.717) is 37.6 Å². The first-order chi connectivity index (χ1) is 15.9. The molecule has 0 saturated carbocycles. The average Bonchev–Trinajstić information content (AvgIpc) is 3.15. The number of benzene rings is 2. The number of nitrogens with one attached hydrogen (secondary N) is 2. The van der Waals surface area contributed by atoms with Crippen LogP contribution in [0.15, 0.2) is 58.6 Å². The molecular weight excluding hydrogens is 447 g/mol. The molecule has 0 spiro atoms. The van der Waals surface area contributed by atoms with Crippen molar-refractivity contribution in [3.05, 3.63) is 77.0 Å².